The summed E-state index contributed by atoms with van der Waals surface area (Å²) in [6.07, 6.45) is 1.25. The molecule has 0 aliphatic heterocycles. The Bertz CT molecular complexity index is 304. The van der Waals surface area contributed by atoms with Gasteiger partial charge in [-0.15, -0.1) is 0 Å². The molecule has 0 saturated carbocycles. The molecule has 0 radical (unpaired) electrons. The molecule has 2 atom stereocenters. The molecule has 0 nitrogen and oxygen atoms in total. The highest BCUT2D eigenvalue weighted by Crippen LogP contribution is 2.45. The first-order chi connectivity index (χ1) is 5.70. The van der Waals surface area contributed by atoms with Crippen LogP contribution in [0.25, 0.3) is 0 Å². The van der Waals surface area contributed by atoms with Gasteiger partial charge in [-0.25, -0.2) is 0 Å². The van der Waals surface area contributed by atoms with E-state index in [1.807, 2.05) is 0 Å². The van der Waals surface area contributed by atoms with E-state index >= 15 is 0 Å². The topological polar surface area (TPSA) is 0 Å². The molecule has 0 N–H and O–H groups in total. The van der Waals surface area contributed by atoms with Crippen LogP contribution in [-0.2, 0) is 0 Å². The first-order valence-corrected chi connectivity index (χ1v) is 5.35. The number of alkyl halides is 1. The van der Waals surface area contributed by atoms with Crippen LogP contribution in [0.15, 0.2) is 18.2 Å². The zero-order chi connectivity index (χ0) is 8.72. The fourth-order valence-corrected chi connectivity index (χ4v) is 3.16. The van der Waals surface area contributed by atoms with E-state index in [0.717, 1.165) is 5.92 Å². The van der Waals surface area contributed by atoms with Gasteiger partial charge in [0.05, 0.1) is 0 Å². The average Bonchev–Trinajstić information content (AvgIpc) is 2.29. The lowest BCUT2D eigenvalue weighted by Gasteiger charge is -2.07. The lowest BCUT2D eigenvalue weighted by molar-refractivity contribution is 0.740. The number of halogens is 1. The third kappa shape index (κ3) is 1.11. The van der Waals surface area contributed by atoms with Gasteiger partial charge in [-0.1, -0.05) is 41.1 Å². The van der Waals surface area contributed by atoms with Crippen LogP contribution in [0.1, 0.15) is 40.8 Å². The molecule has 2 unspecified atom stereocenters. The maximum atomic E-state index is 3.71. The molecule has 0 spiro atoms. The standard InChI is InChI=1S/C11H13Br/c1-7-4-3-5-9-10(12)6-8(2)11(7)9/h3-5,8,10H,6H2,1-2H3. The van der Waals surface area contributed by atoms with Crippen molar-refractivity contribution in [2.75, 3.05) is 0 Å². The number of hydrogen-bond donors (Lipinski definition) is 0. The highest BCUT2D eigenvalue weighted by Gasteiger charge is 2.26. The summed E-state index contributed by atoms with van der Waals surface area (Å²) >= 11 is 3.71. The Labute approximate surface area is 82.1 Å². The van der Waals surface area contributed by atoms with Gasteiger partial charge in [-0.05, 0) is 36.0 Å². The Hall–Kier alpha value is -0.300. The predicted octanol–water partition coefficient (Wildman–Crippen LogP) is 3.94. The summed E-state index contributed by atoms with van der Waals surface area (Å²) in [5.74, 6) is 0.727. The molecular formula is C11H13Br. The minimum Gasteiger partial charge on any atom is -0.0838 e. The Kier molecular flexibility index (Phi) is 1.99. The third-order valence-electron chi connectivity index (χ3n) is 2.75. The van der Waals surface area contributed by atoms with Crippen LogP contribution >= 0.6 is 15.9 Å². The highest BCUT2D eigenvalue weighted by molar-refractivity contribution is 9.09. The van der Waals surface area contributed by atoms with Crippen LogP contribution in [0.5, 0.6) is 0 Å². The van der Waals surface area contributed by atoms with Crippen LogP contribution in [0.3, 0.4) is 0 Å². The van der Waals surface area contributed by atoms with Gasteiger partial charge in [-0.2, -0.15) is 0 Å². The quantitative estimate of drug-likeness (QED) is 0.586. The van der Waals surface area contributed by atoms with Crippen LogP contribution in [-0.4, -0.2) is 0 Å². The number of aryl methyl sites for hydroxylation is 1. The Balaban J connectivity index is 2.59. The molecule has 0 bridgehead atoms. The summed E-state index contributed by atoms with van der Waals surface area (Å²) < 4.78 is 0. The summed E-state index contributed by atoms with van der Waals surface area (Å²) in [5.41, 5.74) is 4.52. The van der Waals surface area contributed by atoms with Crippen molar-refractivity contribution in [3.63, 3.8) is 0 Å². The fraction of sp³-hybridized carbons (Fsp3) is 0.455. The molecule has 1 aliphatic carbocycles. The molecule has 0 fully saturated rings. The first kappa shape index (κ1) is 8.31. The molecule has 12 heavy (non-hydrogen) atoms. The lowest BCUT2D eigenvalue weighted by Crippen LogP contribution is -1.90. The summed E-state index contributed by atoms with van der Waals surface area (Å²) in [4.78, 5) is 0.586. The van der Waals surface area contributed by atoms with E-state index in [-0.39, 0.29) is 0 Å². The summed E-state index contributed by atoms with van der Waals surface area (Å²) in [6, 6.07) is 6.60. The van der Waals surface area contributed by atoms with Crippen LogP contribution in [0.2, 0.25) is 0 Å². The molecule has 1 aliphatic rings. The smallest absolute Gasteiger partial charge is 0.0404 e. The Morgan fingerprint density at radius 1 is 1.42 bits per heavy atom. The minimum atomic E-state index is 0.586. The second-order valence-electron chi connectivity index (χ2n) is 3.68. The highest BCUT2D eigenvalue weighted by atomic mass is 79.9. The van der Waals surface area contributed by atoms with Crippen molar-refractivity contribution >= 4 is 15.9 Å². The van der Waals surface area contributed by atoms with Gasteiger partial charge in [0.1, 0.15) is 0 Å². The van der Waals surface area contributed by atoms with E-state index in [9.17, 15) is 0 Å². The second kappa shape index (κ2) is 2.88. The average molecular weight is 225 g/mol. The van der Waals surface area contributed by atoms with Crippen molar-refractivity contribution in [2.24, 2.45) is 0 Å². The molecular weight excluding hydrogens is 212 g/mol. The van der Waals surface area contributed by atoms with Gasteiger partial charge in [0.2, 0.25) is 0 Å². The number of rotatable bonds is 0. The molecule has 2 rings (SSSR count). The van der Waals surface area contributed by atoms with E-state index in [0.29, 0.717) is 4.83 Å². The zero-order valence-corrected chi connectivity index (χ0v) is 9.06. The van der Waals surface area contributed by atoms with Crippen molar-refractivity contribution in [2.45, 2.75) is 31.0 Å². The molecule has 0 heterocycles. The van der Waals surface area contributed by atoms with Crippen LogP contribution in [0, 0.1) is 6.92 Å². The van der Waals surface area contributed by atoms with Gasteiger partial charge in [0.15, 0.2) is 0 Å². The van der Waals surface area contributed by atoms with Crippen molar-refractivity contribution in [3.05, 3.63) is 34.9 Å². The van der Waals surface area contributed by atoms with Gasteiger partial charge < -0.3 is 0 Å². The minimum absolute atomic E-state index is 0.586. The van der Waals surface area contributed by atoms with Crippen molar-refractivity contribution in [1.82, 2.24) is 0 Å². The maximum Gasteiger partial charge on any atom is 0.0404 e. The molecule has 0 aromatic heterocycles. The molecule has 1 heteroatoms. The molecule has 0 amide bonds. The second-order valence-corrected chi connectivity index (χ2v) is 4.79. The Morgan fingerprint density at radius 2 is 2.17 bits per heavy atom. The van der Waals surface area contributed by atoms with Crippen LogP contribution < -0.4 is 0 Å². The van der Waals surface area contributed by atoms with Gasteiger partial charge in [-0.3, -0.25) is 0 Å². The van der Waals surface area contributed by atoms with Gasteiger partial charge >= 0.3 is 0 Å². The van der Waals surface area contributed by atoms with E-state index in [1.54, 1.807) is 5.56 Å². The summed E-state index contributed by atoms with van der Waals surface area (Å²) in [7, 11) is 0. The van der Waals surface area contributed by atoms with Crippen molar-refractivity contribution in [3.8, 4) is 0 Å². The first-order valence-electron chi connectivity index (χ1n) is 4.43. The summed E-state index contributed by atoms with van der Waals surface area (Å²) in [5, 5.41) is 0. The van der Waals surface area contributed by atoms with E-state index in [4.69, 9.17) is 0 Å². The number of benzene rings is 1. The molecule has 1 aromatic rings. The van der Waals surface area contributed by atoms with Crippen molar-refractivity contribution in [1.29, 1.82) is 0 Å². The summed E-state index contributed by atoms with van der Waals surface area (Å²) in [6.45, 7) is 4.52. The molecule has 64 valence electrons. The molecule has 0 saturated heterocycles. The van der Waals surface area contributed by atoms with E-state index < -0.39 is 0 Å². The maximum absolute atomic E-state index is 3.71. The molecule has 1 aromatic carbocycles. The Morgan fingerprint density at radius 3 is 2.83 bits per heavy atom. The van der Waals surface area contributed by atoms with E-state index in [2.05, 4.69) is 48.0 Å². The fourth-order valence-electron chi connectivity index (χ4n) is 2.20. The monoisotopic (exact) mass is 224 g/mol. The lowest BCUT2D eigenvalue weighted by atomic mass is 9.98. The zero-order valence-electron chi connectivity index (χ0n) is 7.47. The van der Waals surface area contributed by atoms with Gasteiger partial charge in [0, 0.05) is 4.83 Å². The SMILES string of the molecule is Cc1cccc2c1C(C)CC2Br. The van der Waals surface area contributed by atoms with Gasteiger partial charge in [0.25, 0.3) is 0 Å². The van der Waals surface area contributed by atoms with E-state index in [1.165, 1.54) is 17.5 Å². The number of hydrogen-bond acceptors (Lipinski definition) is 0. The number of fused-ring (bicyclic) bond motifs is 1. The predicted molar refractivity (Wildman–Crippen MR) is 55.9 cm³/mol. The van der Waals surface area contributed by atoms with Crippen molar-refractivity contribution < 1.29 is 0 Å². The third-order valence-corrected chi connectivity index (χ3v) is 3.62. The normalized spacial score (nSPS) is 27.2. The largest absolute Gasteiger partial charge is 0.0838 e. The van der Waals surface area contributed by atoms with Crippen LogP contribution in [0.4, 0.5) is 0 Å².